The Morgan fingerprint density at radius 3 is 2.63 bits per heavy atom. The molecule has 0 spiro atoms. The summed E-state index contributed by atoms with van der Waals surface area (Å²) in [5.41, 5.74) is 9.67. The summed E-state index contributed by atoms with van der Waals surface area (Å²) in [6.45, 7) is 3.82. The molecule has 0 aliphatic heterocycles. The van der Waals surface area contributed by atoms with E-state index in [4.69, 9.17) is 5.73 Å². The van der Waals surface area contributed by atoms with Crippen LogP contribution in [0.15, 0.2) is 40.9 Å². The van der Waals surface area contributed by atoms with E-state index in [1.54, 1.807) is 18.2 Å². The fraction of sp³-hybridized carbons (Fsp3) is 0.133. The third-order valence-corrected chi connectivity index (χ3v) is 3.38. The van der Waals surface area contributed by atoms with Crippen LogP contribution in [0.25, 0.3) is 0 Å². The van der Waals surface area contributed by atoms with E-state index < -0.39 is 0 Å². The van der Waals surface area contributed by atoms with E-state index in [0.717, 1.165) is 21.3 Å². The van der Waals surface area contributed by atoms with E-state index >= 15 is 0 Å². The highest BCUT2D eigenvalue weighted by molar-refractivity contribution is 9.10. The number of aryl methyl sites for hydroxylation is 1. The lowest BCUT2D eigenvalue weighted by molar-refractivity contribution is 0.102. The molecule has 1 amide bonds. The summed E-state index contributed by atoms with van der Waals surface area (Å²) in [6.07, 6.45) is 0. The third kappa shape index (κ3) is 3.15. The van der Waals surface area contributed by atoms with Gasteiger partial charge in [-0.05, 0) is 55.3 Å². The molecule has 0 radical (unpaired) electrons. The molecule has 2 aromatic carbocycles. The van der Waals surface area contributed by atoms with Crippen molar-refractivity contribution in [3.8, 4) is 0 Å². The Hall–Kier alpha value is -1.81. The van der Waals surface area contributed by atoms with Gasteiger partial charge in [-0.1, -0.05) is 22.0 Å². The SMILES string of the molecule is Cc1cc(Br)cc(NC(=O)c2cccc(N)c2C)c1. The van der Waals surface area contributed by atoms with Gasteiger partial charge in [0.15, 0.2) is 0 Å². The van der Waals surface area contributed by atoms with Crippen molar-refractivity contribution < 1.29 is 4.79 Å². The Labute approximate surface area is 121 Å². The first-order valence-electron chi connectivity index (χ1n) is 5.91. The van der Waals surface area contributed by atoms with Gasteiger partial charge >= 0.3 is 0 Å². The summed E-state index contributed by atoms with van der Waals surface area (Å²) in [4.78, 5) is 12.2. The lowest BCUT2D eigenvalue weighted by atomic mass is 10.1. The van der Waals surface area contributed by atoms with E-state index in [1.165, 1.54) is 0 Å². The lowest BCUT2D eigenvalue weighted by Crippen LogP contribution is -2.14. The molecule has 3 N–H and O–H groups in total. The number of carbonyl (C=O) groups excluding carboxylic acids is 1. The van der Waals surface area contributed by atoms with Crippen LogP contribution in [0.4, 0.5) is 11.4 Å². The molecule has 0 atom stereocenters. The van der Waals surface area contributed by atoms with Crippen molar-refractivity contribution in [2.24, 2.45) is 0 Å². The number of amides is 1. The van der Waals surface area contributed by atoms with Crippen LogP contribution >= 0.6 is 15.9 Å². The van der Waals surface area contributed by atoms with Crippen LogP contribution in [0.2, 0.25) is 0 Å². The second-order valence-electron chi connectivity index (χ2n) is 4.49. The number of rotatable bonds is 2. The van der Waals surface area contributed by atoms with Crippen molar-refractivity contribution >= 4 is 33.2 Å². The molecule has 0 aliphatic carbocycles. The first kappa shape index (κ1) is 13.6. The average Bonchev–Trinajstić information content (AvgIpc) is 2.31. The molecule has 0 saturated carbocycles. The number of nitrogen functional groups attached to an aromatic ring is 1. The van der Waals surface area contributed by atoms with Crippen molar-refractivity contribution in [3.63, 3.8) is 0 Å². The predicted octanol–water partition coefficient (Wildman–Crippen LogP) is 3.90. The zero-order chi connectivity index (χ0) is 14.0. The molecule has 2 aromatic rings. The van der Waals surface area contributed by atoms with Gasteiger partial charge in [-0.3, -0.25) is 4.79 Å². The maximum Gasteiger partial charge on any atom is 0.256 e. The monoisotopic (exact) mass is 318 g/mol. The summed E-state index contributed by atoms with van der Waals surface area (Å²) < 4.78 is 0.937. The molecule has 4 heteroatoms. The molecule has 0 heterocycles. The van der Waals surface area contributed by atoms with Crippen LogP contribution in [-0.2, 0) is 0 Å². The predicted molar refractivity (Wildman–Crippen MR) is 82.4 cm³/mol. The van der Waals surface area contributed by atoms with E-state index in [-0.39, 0.29) is 5.91 Å². The maximum absolute atomic E-state index is 12.2. The Bertz CT molecular complexity index is 618. The molecule has 0 bridgehead atoms. The maximum atomic E-state index is 12.2. The van der Waals surface area contributed by atoms with Gasteiger partial charge in [-0.25, -0.2) is 0 Å². The highest BCUT2D eigenvalue weighted by Crippen LogP contribution is 2.21. The highest BCUT2D eigenvalue weighted by Gasteiger charge is 2.11. The largest absolute Gasteiger partial charge is 0.398 e. The van der Waals surface area contributed by atoms with Crippen molar-refractivity contribution in [1.29, 1.82) is 0 Å². The summed E-state index contributed by atoms with van der Waals surface area (Å²) >= 11 is 3.41. The molecule has 0 aromatic heterocycles. The van der Waals surface area contributed by atoms with E-state index in [1.807, 2.05) is 32.0 Å². The van der Waals surface area contributed by atoms with Gasteiger partial charge in [0.2, 0.25) is 0 Å². The molecular weight excluding hydrogens is 304 g/mol. The van der Waals surface area contributed by atoms with Crippen molar-refractivity contribution in [2.75, 3.05) is 11.1 Å². The van der Waals surface area contributed by atoms with Gasteiger partial charge in [0, 0.05) is 21.4 Å². The summed E-state index contributed by atoms with van der Waals surface area (Å²) in [5, 5.41) is 2.88. The molecule has 0 unspecified atom stereocenters. The van der Waals surface area contributed by atoms with Gasteiger partial charge in [0.05, 0.1) is 0 Å². The molecule has 2 rings (SSSR count). The molecular formula is C15H15BrN2O. The van der Waals surface area contributed by atoms with Gasteiger partial charge in [0.25, 0.3) is 5.91 Å². The van der Waals surface area contributed by atoms with Crippen molar-refractivity contribution in [3.05, 3.63) is 57.6 Å². The van der Waals surface area contributed by atoms with Crippen LogP contribution in [0.1, 0.15) is 21.5 Å². The molecule has 98 valence electrons. The van der Waals surface area contributed by atoms with E-state index in [9.17, 15) is 4.79 Å². The minimum atomic E-state index is -0.151. The van der Waals surface area contributed by atoms with Crippen molar-refractivity contribution in [1.82, 2.24) is 0 Å². The number of nitrogens with two attached hydrogens (primary N) is 1. The molecule has 0 fully saturated rings. The number of benzene rings is 2. The normalized spacial score (nSPS) is 10.3. The number of hydrogen-bond donors (Lipinski definition) is 2. The number of halogens is 1. The summed E-state index contributed by atoms with van der Waals surface area (Å²) in [6, 6.07) is 11.1. The Balaban J connectivity index is 2.28. The molecule has 0 aliphatic rings. The smallest absolute Gasteiger partial charge is 0.256 e. The average molecular weight is 319 g/mol. The molecule has 19 heavy (non-hydrogen) atoms. The molecule has 0 saturated heterocycles. The Morgan fingerprint density at radius 1 is 1.21 bits per heavy atom. The number of anilines is 2. The zero-order valence-electron chi connectivity index (χ0n) is 10.8. The number of carbonyl (C=O) groups is 1. The first-order valence-corrected chi connectivity index (χ1v) is 6.70. The van der Waals surface area contributed by atoms with Gasteiger partial charge in [-0.2, -0.15) is 0 Å². The van der Waals surface area contributed by atoms with Gasteiger partial charge in [-0.15, -0.1) is 0 Å². The second-order valence-corrected chi connectivity index (χ2v) is 5.41. The third-order valence-electron chi connectivity index (χ3n) is 2.92. The van der Waals surface area contributed by atoms with Gasteiger partial charge < -0.3 is 11.1 Å². The van der Waals surface area contributed by atoms with Crippen LogP contribution in [-0.4, -0.2) is 5.91 Å². The fourth-order valence-corrected chi connectivity index (χ4v) is 2.51. The van der Waals surface area contributed by atoms with Crippen molar-refractivity contribution in [2.45, 2.75) is 13.8 Å². The topological polar surface area (TPSA) is 55.1 Å². The minimum absolute atomic E-state index is 0.151. The lowest BCUT2D eigenvalue weighted by Gasteiger charge is -2.10. The van der Waals surface area contributed by atoms with Crippen LogP contribution in [0.3, 0.4) is 0 Å². The van der Waals surface area contributed by atoms with E-state index in [0.29, 0.717) is 11.3 Å². The Morgan fingerprint density at radius 2 is 1.95 bits per heavy atom. The highest BCUT2D eigenvalue weighted by atomic mass is 79.9. The first-order chi connectivity index (χ1) is 8.97. The van der Waals surface area contributed by atoms with E-state index in [2.05, 4.69) is 21.2 Å². The van der Waals surface area contributed by atoms with Crippen LogP contribution in [0.5, 0.6) is 0 Å². The number of nitrogens with one attached hydrogen (secondary N) is 1. The van der Waals surface area contributed by atoms with Gasteiger partial charge in [0.1, 0.15) is 0 Å². The van der Waals surface area contributed by atoms with Crippen LogP contribution < -0.4 is 11.1 Å². The standard InChI is InChI=1S/C15H15BrN2O/c1-9-6-11(16)8-12(7-9)18-15(19)13-4-3-5-14(17)10(13)2/h3-8H,17H2,1-2H3,(H,18,19). The van der Waals surface area contributed by atoms with Crippen LogP contribution in [0, 0.1) is 13.8 Å². The fourth-order valence-electron chi connectivity index (χ4n) is 1.91. The second kappa shape index (κ2) is 5.45. The summed E-state index contributed by atoms with van der Waals surface area (Å²) in [7, 11) is 0. The quantitative estimate of drug-likeness (QED) is 0.825. The Kier molecular flexibility index (Phi) is 3.90. The summed E-state index contributed by atoms with van der Waals surface area (Å²) in [5.74, 6) is -0.151. The zero-order valence-corrected chi connectivity index (χ0v) is 12.4. The minimum Gasteiger partial charge on any atom is -0.398 e. The number of hydrogen-bond acceptors (Lipinski definition) is 2. The molecule has 3 nitrogen and oxygen atoms in total.